The van der Waals surface area contributed by atoms with Gasteiger partial charge in [-0.15, -0.1) is 6.58 Å². The van der Waals surface area contributed by atoms with E-state index < -0.39 is 9.84 Å². The third-order valence-electron chi connectivity index (χ3n) is 1.45. The maximum absolute atomic E-state index is 10.8. The third kappa shape index (κ3) is 6.37. The lowest BCUT2D eigenvalue weighted by Crippen LogP contribution is -2.37. The fraction of sp³-hybridized carbons (Fsp3) is 0.750. The fourth-order valence-electron chi connectivity index (χ4n) is 1.02. The van der Waals surface area contributed by atoms with E-state index >= 15 is 0 Å². The lowest BCUT2D eigenvalue weighted by atomic mass is 10.3. The molecule has 0 radical (unpaired) electrons. The van der Waals surface area contributed by atoms with Crippen LogP contribution in [-0.4, -0.2) is 32.5 Å². The Bertz CT molecular complexity index is 233. The van der Waals surface area contributed by atoms with Gasteiger partial charge in [-0.05, 0) is 13.8 Å². The Hall–Kier alpha value is -0.350. The van der Waals surface area contributed by atoms with Crippen LogP contribution >= 0.6 is 0 Å². The summed E-state index contributed by atoms with van der Waals surface area (Å²) in [5.74, 6) is 0.172. The molecule has 0 rings (SSSR count). The zero-order valence-corrected chi connectivity index (χ0v) is 8.69. The van der Waals surface area contributed by atoms with Crippen molar-refractivity contribution in [1.82, 2.24) is 5.32 Å². The van der Waals surface area contributed by atoms with Gasteiger partial charge in [-0.2, -0.15) is 0 Å². The van der Waals surface area contributed by atoms with E-state index in [4.69, 9.17) is 0 Å². The summed E-state index contributed by atoms with van der Waals surface area (Å²) in [6.45, 7) is 7.38. The molecule has 0 aliphatic heterocycles. The minimum absolute atomic E-state index is 0.0204. The molecule has 0 aromatic rings. The van der Waals surface area contributed by atoms with E-state index in [1.807, 2.05) is 13.8 Å². The molecule has 2 unspecified atom stereocenters. The van der Waals surface area contributed by atoms with Crippen LogP contribution < -0.4 is 5.32 Å². The van der Waals surface area contributed by atoms with Crippen molar-refractivity contribution < 1.29 is 8.42 Å². The fourth-order valence-corrected chi connectivity index (χ4v) is 2.02. The molecule has 0 amide bonds. The van der Waals surface area contributed by atoms with Gasteiger partial charge < -0.3 is 5.32 Å². The minimum Gasteiger partial charge on any atom is -0.307 e. The molecule has 0 bridgehead atoms. The Morgan fingerprint density at radius 1 is 1.50 bits per heavy atom. The molecule has 0 saturated carbocycles. The van der Waals surface area contributed by atoms with Gasteiger partial charge in [0.25, 0.3) is 0 Å². The SMILES string of the molecule is C=CC(C)NC(C)CS(C)(=O)=O. The van der Waals surface area contributed by atoms with E-state index in [9.17, 15) is 8.42 Å². The zero-order chi connectivity index (χ0) is 9.78. The van der Waals surface area contributed by atoms with Gasteiger partial charge in [-0.3, -0.25) is 0 Å². The largest absolute Gasteiger partial charge is 0.307 e. The van der Waals surface area contributed by atoms with Crippen molar-refractivity contribution in [1.29, 1.82) is 0 Å². The van der Waals surface area contributed by atoms with Crippen molar-refractivity contribution in [2.24, 2.45) is 0 Å². The summed E-state index contributed by atoms with van der Waals surface area (Å²) >= 11 is 0. The van der Waals surface area contributed by atoms with Crippen LogP contribution in [0.1, 0.15) is 13.8 Å². The van der Waals surface area contributed by atoms with Crippen molar-refractivity contribution in [2.75, 3.05) is 12.0 Å². The lowest BCUT2D eigenvalue weighted by Gasteiger charge is -2.15. The second kappa shape index (κ2) is 4.62. The summed E-state index contributed by atoms with van der Waals surface area (Å²) < 4.78 is 21.7. The molecule has 2 atom stereocenters. The molecule has 0 saturated heterocycles. The summed E-state index contributed by atoms with van der Waals surface area (Å²) in [5, 5.41) is 3.09. The van der Waals surface area contributed by atoms with Crippen molar-refractivity contribution in [3.05, 3.63) is 12.7 Å². The monoisotopic (exact) mass is 191 g/mol. The molecular weight excluding hydrogens is 174 g/mol. The van der Waals surface area contributed by atoms with E-state index in [-0.39, 0.29) is 17.8 Å². The number of nitrogens with one attached hydrogen (secondary N) is 1. The van der Waals surface area contributed by atoms with E-state index in [2.05, 4.69) is 11.9 Å². The second-order valence-electron chi connectivity index (χ2n) is 3.18. The standard InChI is InChI=1S/C8H17NO2S/c1-5-7(2)9-8(3)6-12(4,10)11/h5,7-9H,1,6H2,2-4H3. The molecule has 72 valence electrons. The first kappa shape index (κ1) is 11.6. The zero-order valence-electron chi connectivity index (χ0n) is 7.87. The Morgan fingerprint density at radius 2 is 2.00 bits per heavy atom. The number of rotatable bonds is 5. The molecule has 0 aliphatic carbocycles. The first-order chi connectivity index (χ1) is 5.35. The van der Waals surface area contributed by atoms with Crippen LogP contribution in [0.2, 0.25) is 0 Å². The molecule has 0 aromatic heterocycles. The van der Waals surface area contributed by atoms with Gasteiger partial charge in [0, 0.05) is 18.3 Å². The molecule has 0 aliphatic rings. The Labute approximate surface area is 74.8 Å². The smallest absolute Gasteiger partial charge is 0.148 e. The Balaban J connectivity index is 3.90. The van der Waals surface area contributed by atoms with Crippen LogP contribution in [0.5, 0.6) is 0 Å². The molecule has 0 spiro atoms. The molecule has 0 heterocycles. The van der Waals surface area contributed by atoms with Crippen LogP contribution in [0, 0.1) is 0 Å². The molecule has 4 heteroatoms. The van der Waals surface area contributed by atoms with Gasteiger partial charge in [-0.25, -0.2) is 8.42 Å². The van der Waals surface area contributed by atoms with Crippen LogP contribution in [0.4, 0.5) is 0 Å². The topological polar surface area (TPSA) is 46.2 Å². The summed E-state index contributed by atoms with van der Waals surface area (Å²) in [6.07, 6.45) is 2.99. The van der Waals surface area contributed by atoms with Gasteiger partial charge in [0.15, 0.2) is 0 Å². The first-order valence-electron chi connectivity index (χ1n) is 3.91. The summed E-state index contributed by atoms with van der Waals surface area (Å²) in [4.78, 5) is 0. The van der Waals surface area contributed by atoms with Crippen molar-refractivity contribution >= 4 is 9.84 Å². The predicted molar refractivity (Wildman–Crippen MR) is 52.0 cm³/mol. The molecule has 0 aromatic carbocycles. The highest BCUT2D eigenvalue weighted by Gasteiger charge is 2.10. The molecule has 1 N–H and O–H groups in total. The Morgan fingerprint density at radius 3 is 2.33 bits per heavy atom. The molecule has 12 heavy (non-hydrogen) atoms. The van der Waals surface area contributed by atoms with Gasteiger partial charge in [-0.1, -0.05) is 6.08 Å². The maximum Gasteiger partial charge on any atom is 0.148 e. The van der Waals surface area contributed by atoms with E-state index in [0.29, 0.717) is 0 Å². The lowest BCUT2D eigenvalue weighted by molar-refractivity contribution is 0.536. The third-order valence-corrected chi connectivity index (χ3v) is 2.56. The molecule has 0 fully saturated rings. The average Bonchev–Trinajstić information content (AvgIpc) is 1.82. The number of hydrogen-bond donors (Lipinski definition) is 1. The number of sulfone groups is 1. The van der Waals surface area contributed by atoms with E-state index in [1.165, 1.54) is 6.26 Å². The van der Waals surface area contributed by atoms with Crippen molar-refractivity contribution in [3.63, 3.8) is 0 Å². The first-order valence-corrected chi connectivity index (χ1v) is 5.97. The molecular formula is C8H17NO2S. The highest BCUT2D eigenvalue weighted by Crippen LogP contribution is 1.92. The number of hydrogen-bond acceptors (Lipinski definition) is 3. The summed E-state index contributed by atoms with van der Waals surface area (Å²) in [7, 11) is -2.87. The van der Waals surface area contributed by atoms with Gasteiger partial charge in [0.2, 0.25) is 0 Å². The quantitative estimate of drug-likeness (QED) is 0.647. The Kier molecular flexibility index (Phi) is 4.49. The summed E-state index contributed by atoms with van der Waals surface area (Å²) in [5.41, 5.74) is 0. The van der Waals surface area contributed by atoms with Crippen LogP contribution in [-0.2, 0) is 9.84 Å². The summed E-state index contributed by atoms with van der Waals surface area (Å²) in [6, 6.07) is 0.134. The van der Waals surface area contributed by atoms with E-state index in [1.54, 1.807) is 6.08 Å². The van der Waals surface area contributed by atoms with Gasteiger partial charge in [0.05, 0.1) is 5.75 Å². The highest BCUT2D eigenvalue weighted by molar-refractivity contribution is 7.90. The van der Waals surface area contributed by atoms with Crippen LogP contribution in [0.3, 0.4) is 0 Å². The molecule has 3 nitrogen and oxygen atoms in total. The average molecular weight is 191 g/mol. The van der Waals surface area contributed by atoms with Crippen LogP contribution in [0.15, 0.2) is 12.7 Å². The van der Waals surface area contributed by atoms with E-state index in [0.717, 1.165) is 0 Å². The van der Waals surface area contributed by atoms with Gasteiger partial charge >= 0.3 is 0 Å². The maximum atomic E-state index is 10.8. The van der Waals surface area contributed by atoms with Crippen LogP contribution in [0.25, 0.3) is 0 Å². The minimum atomic E-state index is -2.87. The normalized spacial score (nSPS) is 16.9. The van der Waals surface area contributed by atoms with Crippen molar-refractivity contribution in [3.8, 4) is 0 Å². The van der Waals surface area contributed by atoms with Gasteiger partial charge in [0.1, 0.15) is 9.84 Å². The van der Waals surface area contributed by atoms with Crippen molar-refractivity contribution in [2.45, 2.75) is 25.9 Å². The predicted octanol–water partition coefficient (Wildman–Crippen LogP) is 0.584. The highest BCUT2D eigenvalue weighted by atomic mass is 32.2. The second-order valence-corrected chi connectivity index (χ2v) is 5.37.